The van der Waals surface area contributed by atoms with Gasteiger partial charge in [-0.05, 0) is 19.3 Å². The molecule has 3 nitrogen and oxygen atoms in total. The highest BCUT2D eigenvalue weighted by molar-refractivity contribution is 5.77. The summed E-state index contributed by atoms with van der Waals surface area (Å²) in [6, 6.07) is 0. The normalized spacial score (nSPS) is 21.3. The van der Waals surface area contributed by atoms with Crippen molar-refractivity contribution < 1.29 is 14.6 Å². The van der Waals surface area contributed by atoms with Gasteiger partial charge < -0.3 is 9.84 Å². The van der Waals surface area contributed by atoms with Gasteiger partial charge in [0.15, 0.2) is 0 Å². The summed E-state index contributed by atoms with van der Waals surface area (Å²) >= 11 is 0. The SMILES string of the molecule is CCCCCCC(O)CC1OC1CCCCCCCC(=O)CC. The Morgan fingerprint density at radius 3 is 2.39 bits per heavy atom. The maximum absolute atomic E-state index is 11.2. The molecule has 1 saturated heterocycles. The van der Waals surface area contributed by atoms with Gasteiger partial charge in [-0.1, -0.05) is 65.2 Å². The quantitative estimate of drug-likeness (QED) is 0.314. The standard InChI is InChI=1S/C20H38O3/c1-3-5-6-10-14-18(22)16-20-19(23-20)15-12-9-7-8-11-13-17(21)4-2/h18-20,22H,3-16H2,1-2H3. The molecular weight excluding hydrogens is 288 g/mol. The highest BCUT2D eigenvalue weighted by Crippen LogP contribution is 2.32. The van der Waals surface area contributed by atoms with E-state index < -0.39 is 0 Å². The van der Waals surface area contributed by atoms with Crippen molar-refractivity contribution in [3.63, 3.8) is 0 Å². The predicted octanol–water partition coefficient (Wildman–Crippen LogP) is 5.19. The number of ketones is 1. The summed E-state index contributed by atoms with van der Waals surface area (Å²) in [6.45, 7) is 4.15. The van der Waals surface area contributed by atoms with Crippen LogP contribution in [0, 0.1) is 0 Å². The number of rotatable bonds is 16. The maximum atomic E-state index is 11.2. The average Bonchev–Trinajstić information content (AvgIpc) is 3.28. The molecule has 0 aromatic rings. The number of aliphatic hydroxyl groups excluding tert-OH is 1. The molecule has 1 N–H and O–H groups in total. The molecule has 1 fully saturated rings. The monoisotopic (exact) mass is 326 g/mol. The smallest absolute Gasteiger partial charge is 0.132 e. The number of unbranched alkanes of at least 4 members (excludes halogenated alkanes) is 7. The minimum absolute atomic E-state index is 0.169. The first-order valence-electron chi connectivity index (χ1n) is 10.0. The Hall–Kier alpha value is -0.410. The van der Waals surface area contributed by atoms with Crippen LogP contribution in [0.5, 0.6) is 0 Å². The van der Waals surface area contributed by atoms with Gasteiger partial charge >= 0.3 is 0 Å². The fraction of sp³-hybridized carbons (Fsp3) is 0.950. The molecule has 3 atom stereocenters. The van der Waals surface area contributed by atoms with Crippen LogP contribution in [0.2, 0.25) is 0 Å². The lowest BCUT2D eigenvalue weighted by Crippen LogP contribution is -2.11. The average molecular weight is 327 g/mol. The summed E-state index contributed by atoms with van der Waals surface area (Å²) in [5, 5.41) is 10.0. The van der Waals surface area contributed by atoms with E-state index in [-0.39, 0.29) is 6.10 Å². The van der Waals surface area contributed by atoms with Gasteiger partial charge in [-0.25, -0.2) is 0 Å². The fourth-order valence-corrected chi connectivity index (χ4v) is 3.21. The van der Waals surface area contributed by atoms with Crippen molar-refractivity contribution in [3.05, 3.63) is 0 Å². The van der Waals surface area contributed by atoms with Crippen LogP contribution in [0.4, 0.5) is 0 Å². The minimum atomic E-state index is -0.169. The Morgan fingerprint density at radius 1 is 0.957 bits per heavy atom. The van der Waals surface area contributed by atoms with Crippen LogP contribution in [0.15, 0.2) is 0 Å². The lowest BCUT2D eigenvalue weighted by atomic mass is 10.0. The van der Waals surface area contributed by atoms with Crippen molar-refractivity contribution in [1.29, 1.82) is 0 Å². The number of Topliss-reactive ketones (excluding diaryl/α,β-unsaturated/α-hetero) is 1. The van der Waals surface area contributed by atoms with Gasteiger partial charge in [0, 0.05) is 19.3 Å². The molecule has 3 heteroatoms. The van der Waals surface area contributed by atoms with Crippen LogP contribution < -0.4 is 0 Å². The summed E-state index contributed by atoms with van der Waals surface area (Å²) in [4.78, 5) is 11.2. The van der Waals surface area contributed by atoms with E-state index in [1.807, 2.05) is 6.92 Å². The Balaban J connectivity index is 1.86. The third kappa shape index (κ3) is 10.9. The molecule has 0 saturated carbocycles. The van der Waals surface area contributed by atoms with Crippen LogP contribution >= 0.6 is 0 Å². The van der Waals surface area contributed by atoms with Crippen LogP contribution in [0.3, 0.4) is 0 Å². The number of hydrogen-bond acceptors (Lipinski definition) is 3. The molecule has 0 aromatic carbocycles. The molecule has 1 rings (SSSR count). The molecule has 136 valence electrons. The van der Waals surface area contributed by atoms with E-state index in [4.69, 9.17) is 4.74 Å². The van der Waals surface area contributed by atoms with Crippen LogP contribution in [-0.4, -0.2) is 29.2 Å². The van der Waals surface area contributed by atoms with Gasteiger partial charge in [-0.2, -0.15) is 0 Å². The fourth-order valence-electron chi connectivity index (χ4n) is 3.21. The molecule has 0 bridgehead atoms. The Labute approximate surface area is 143 Å². The summed E-state index contributed by atoms with van der Waals surface area (Å²) in [5.74, 6) is 0.396. The first kappa shape index (κ1) is 20.6. The summed E-state index contributed by atoms with van der Waals surface area (Å²) < 4.78 is 5.68. The van der Waals surface area contributed by atoms with Gasteiger partial charge in [0.05, 0.1) is 18.3 Å². The van der Waals surface area contributed by atoms with Gasteiger partial charge in [0.1, 0.15) is 5.78 Å². The lowest BCUT2D eigenvalue weighted by Gasteiger charge is -2.08. The molecule has 23 heavy (non-hydrogen) atoms. The summed E-state index contributed by atoms with van der Waals surface area (Å²) in [7, 11) is 0. The van der Waals surface area contributed by atoms with Gasteiger partial charge in [-0.3, -0.25) is 4.79 Å². The number of aliphatic hydroxyl groups is 1. The number of epoxide rings is 1. The largest absolute Gasteiger partial charge is 0.393 e. The van der Waals surface area contributed by atoms with Crippen LogP contribution in [-0.2, 0) is 9.53 Å². The van der Waals surface area contributed by atoms with E-state index in [0.717, 1.165) is 38.5 Å². The zero-order valence-electron chi connectivity index (χ0n) is 15.4. The zero-order chi connectivity index (χ0) is 16.9. The van der Waals surface area contributed by atoms with Crippen molar-refractivity contribution in [2.75, 3.05) is 0 Å². The highest BCUT2D eigenvalue weighted by Gasteiger charge is 2.38. The van der Waals surface area contributed by atoms with Crippen molar-refractivity contribution in [2.24, 2.45) is 0 Å². The third-order valence-electron chi connectivity index (χ3n) is 4.92. The molecule has 0 radical (unpaired) electrons. The second-order valence-corrected chi connectivity index (χ2v) is 7.15. The van der Waals surface area contributed by atoms with Crippen molar-refractivity contribution in [3.8, 4) is 0 Å². The lowest BCUT2D eigenvalue weighted by molar-refractivity contribution is -0.118. The molecule has 1 aliphatic heterocycles. The topological polar surface area (TPSA) is 49.8 Å². The van der Waals surface area contributed by atoms with E-state index in [0.29, 0.717) is 24.4 Å². The van der Waals surface area contributed by atoms with Gasteiger partial charge in [-0.15, -0.1) is 0 Å². The van der Waals surface area contributed by atoms with Crippen LogP contribution in [0.1, 0.15) is 104 Å². The first-order chi connectivity index (χ1) is 11.2. The number of hydrogen-bond donors (Lipinski definition) is 1. The van der Waals surface area contributed by atoms with E-state index >= 15 is 0 Å². The maximum Gasteiger partial charge on any atom is 0.132 e. The van der Waals surface area contributed by atoms with Crippen molar-refractivity contribution >= 4 is 5.78 Å². The summed E-state index contributed by atoms with van der Waals surface area (Å²) in [5.41, 5.74) is 0. The Bertz CT molecular complexity index is 303. The summed E-state index contributed by atoms with van der Waals surface area (Å²) in [6.07, 6.45) is 15.7. The Morgan fingerprint density at radius 2 is 1.65 bits per heavy atom. The van der Waals surface area contributed by atoms with Crippen molar-refractivity contribution in [2.45, 2.75) is 122 Å². The third-order valence-corrected chi connectivity index (χ3v) is 4.92. The second-order valence-electron chi connectivity index (χ2n) is 7.15. The Kier molecular flexibility index (Phi) is 11.6. The second kappa shape index (κ2) is 12.9. The van der Waals surface area contributed by atoms with Crippen LogP contribution in [0.25, 0.3) is 0 Å². The minimum Gasteiger partial charge on any atom is -0.393 e. The molecule has 1 aliphatic rings. The van der Waals surface area contributed by atoms with Crippen molar-refractivity contribution in [1.82, 2.24) is 0 Å². The van der Waals surface area contributed by atoms with E-state index in [2.05, 4.69) is 6.92 Å². The zero-order valence-corrected chi connectivity index (χ0v) is 15.4. The molecule has 0 aromatic heterocycles. The number of carbonyl (C=O) groups is 1. The number of ether oxygens (including phenoxy) is 1. The highest BCUT2D eigenvalue weighted by atomic mass is 16.6. The van der Waals surface area contributed by atoms with Gasteiger partial charge in [0.2, 0.25) is 0 Å². The van der Waals surface area contributed by atoms with Gasteiger partial charge in [0.25, 0.3) is 0 Å². The molecule has 0 amide bonds. The molecule has 3 unspecified atom stereocenters. The number of carbonyl (C=O) groups excluding carboxylic acids is 1. The molecular formula is C20H38O3. The first-order valence-corrected chi connectivity index (χ1v) is 10.0. The van der Waals surface area contributed by atoms with E-state index in [1.54, 1.807) is 0 Å². The van der Waals surface area contributed by atoms with E-state index in [1.165, 1.54) is 44.9 Å². The molecule has 0 spiro atoms. The van der Waals surface area contributed by atoms with E-state index in [9.17, 15) is 9.90 Å². The molecule has 0 aliphatic carbocycles. The molecule has 1 heterocycles. The predicted molar refractivity (Wildman–Crippen MR) is 95.7 cm³/mol.